The first-order chi connectivity index (χ1) is 8.45. The van der Waals surface area contributed by atoms with Crippen molar-refractivity contribution in [1.29, 1.82) is 5.26 Å². The highest BCUT2D eigenvalue weighted by Crippen LogP contribution is 2.41. The Bertz CT molecular complexity index is 320. The van der Waals surface area contributed by atoms with Gasteiger partial charge in [-0.3, -0.25) is 5.32 Å². The second-order valence-corrected chi connectivity index (χ2v) is 7.14. The summed E-state index contributed by atoms with van der Waals surface area (Å²) in [6.07, 6.45) is 5.84. The van der Waals surface area contributed by atoms with E-state index in [0.717, 1.165) is 13.0 Å². The van der Waals surface area contributed by atoms with Gasteiger partial charge in [-0.05, 0) is 43.4 Å². The van der Waals surface area contributed by atoms with Gasteiger partial charge < -0.3 is 4.74 Å². The molecule has 2 aliphatic rings. The quantitative estimate of drug-likeness (QED) is 0.707. The molecular formula is C15H26N2O. The Kier molecular flexibility index (Phi) is 3.99. The van der Waals surface area contributed by atoms with Gasteiger partial charge in [0.25, 0.3) is 0 Å². The lowest BCUT2D eigenvalue weighted by atomic mass is 9.92. The Morgan fingerprint density at radius 2 is 1.89 bits per heavy atom. The smallest absolute Gasteiger partial charge is 0.133 e. The third-order valence-corrected chi connectivity index (χ3v) is 3.84. The first-order valence-corrected chi connectivity index (χ1v) is 7.22. The van der Waals surface area contributed by atoms with E-state index in [0.29, 0.717) is 24.0 Å². The van der Waals surface area contributed by atoms with Gasteiger partial charge >= 0.3 is 0 Å². The molecule has 2 fully saturated rings. The van der Waals surface area contributed by atoms with Crippen LogP contribution in [0, 0.1) is 22.7 Å². The van der Waals surface area contributed by atoms with E-state index in [1.54, 1.807) is 0 Å². The van der Waals surface area contributed by atoms with Crippen LogP contribution < -0.4 is 5.32 Å². The topological polar surface area (TPSA) is 45.0 Å². The zero-order valence-corrected chi connectivity index (χ0v) is 12.0. The van der Waals surface area contributed by atoms with E-state index in [9.17, 15) is 5.26 Å². The maximum Gasteiger partial charge on any atom is 0.133 e. The maximum atomic E-state index is 9.53. The Labute approximate surface area is 111 Å². The minimum absolute atomic E-state index is 0.304. The van der Waals surface area contributed by atoms with Gasteiger partial charge in [-0.15, -0.1) is 0 Å². The fourth-order valence-electron chi connectivity index (χ4n) is 2.21. The number of rotatable bonds is 7. The standard InChI is InChI=1S/C15H26N2O/c1-14(2,3)8-9-18-11-15(10-16,12-4-5-12)17-13-6-7-13/h12-13,17H,4-9,11H2,1-3H3. The van der Waals surface area contributed by atoms with E-state index in [1.807, 2.05) is 0 Å². The molecule has 1 unspecified atom stereocenters. The lowest BCUT2D eigenvalue weighted by Gasteiger charge is -2.28. The second kappa shape index (κ2) is 5.19. The van der Waals surface area contributed by atoms with E-state index in [4.69, 9.17) is 4.74 Å². The summed E-state index contributed by atoms with van der Waals surface area (Å²) < 4.78 is 5.81. The van der Waals surface area contributed by atoms with Crippen molar-refractivity contribution in [2.45, 2.75) is 64.5 Å². The van der Waals surface area contributed by atoms with Crippen LogP contribution >= 0.6 is 0 Å². The van der Waals surface area contributed by atoms with Crippen molar-refractivity contribution in [3.8, 4) is 6.07 Å². The highest BCUT2D eigenvalue weighted by atomic mass is 16.5. The summed E-state index contributed by atoms with van der Waals surface area (Å²) in [4.78, 5) is 0. The van der Waals surface area contributed by atoms with E-state index in [1.165, 1.54) is 25.7 Å². The zero-order valence-electron chi connectivity index (χ0n) is 12.0. The number of nitrogens with one attached hydrogen (secondary N) is 1. The van der Waals surface area contributed by atoms with Gasteiger partial charge in [0.05, 0.1) is 12.7 Å². The van der Waals surface area contributed by atoms with Crippen LogP contribution in [0.2, 0.25) is 0 Å². The van der Waals surface area contributed by atoms with Crippen molar-refractivity contribution in [1.82, 2.24) is 5.32 Å². The number of nitrogens with zero attached hydrogens (tertiary/aromatic N) is 1. The molecule has 2 saturated carbocycles. The van der Waals surface area contributed by atoms with Gasteiger partial charge in [-0.25, -0.2) is 0 Å². The molecule has 0 radical (unpaired) electrons. The Morgan fingerprint density at radius 1 is 1.22 bits per heavy atom. The molecule has 0 bridgehead atoms. The Balaban J connectivity index is 1.80. The summed E-state index contributed by atoms with van der Waals surface area (Å²) >= 11 is 0. The fourth-order valence-corrected chi connectivity index (χ4v) is 2.21. The molecule has 18 heavy (non-hydrogen) atoms. The van der Waals surface area contributed by atoms with Crippen molar-refractivity contribution in [2.24, 2.45) is 11.3 Å². The van der Waals surface area contributed by atoms with Crippen LogP contribution in [-0.4, -0.2) is 24.8 Å². The minimum atomic E-state index is -0.404. The van der Waals surface area contributed by atoms with Crippen LogP contribution in [0.3, 0.4) is 0 Å². The average molecular weight is 250 g/mol. The molecule has 0 spiro atoms. The number of hydrogen-bond donors (Lipinski definition) is 1. The molecule has 0 saturated heterocycles. The van der Waals surface area contributed by atoms with Gasteiger partial charge in [0.1, 0.15) is 5.54 Å². The fraction of sp³-hybridized carbons (Fsp3) is 0.933. The van der Waals surface area contributed by atoms with Crippen LogP contribution in [0.15, 0.2) is 0 Å². The zero-order chi connectivity index (χ0) is 13.2. The van der Waals surface area contributed by atoms with Crippen molar-refractivity contribution in [2.75, 3.05) is 13.2 Å². The Hall–Kier alpha value is -0.590. The van der Waals surface area contributed by atoms with Crippen LogP contribution in [0.5, 0.6) is 0 Å². The molecular weight excluding hydrogens is 224 g/mol. The predicted octanol–water partition coefficient (Wildman–Crippen LogP) is 2.86. The van der Waals surface area contributed by atoms with Crippen molar-refractivity contribution in [3.05, 3.63) is 0 Å². The van der Waals surface area contributed by atoms with Crippen LogP contribution in [0.4, 0.5) is 0 Å². The summed E-state index contributed by atoms with van der Waals surface area (Å²) in [5, 5.41) is 13.1. The Morgan fingerprint density at radius 3 is 2.33 bits per heavy atom. The van der Waals surface area contributed by atoms with Gasteiger partial charge in [0, 0.05) is 12.6 Å². The summed E-state index contributed by atoms with van der Waals surface area (Å²) in [5.74, 6) is 0.512. The molecule has 102 valence electrons. The molecule has 0 heterocycles. The highest BCUT2D eigenvalue weighted by Gasteiger charge is 2.48. The lowest BCUT2D eigenvalue weighted by molar-refractivity contribution is 0.0637. The van der Waals surface area contributed by atoms with E-state index < -0.39 is 5.54 Å². The largest absolute Gasteiger partial charge is 0.378 e. The van der Waals surface area contributed by atoms with E-state index in [-0.39, 0.29) is 0 Å². The molecule has 0 aromatic rings. The molecule has 1 atom stereocenters. The third-order valence-electron chi connectivity index (χ3n) is 3.84. The second-order valence-electron chi connectivity index (χ2n) is 7.14. The summed E-state index contributed by atoms with van der Waals surface area (Å²) in [7, 11) is 0. The normalized spacial score (nSPS) is 23.4. The number of nitriles is 1. The first-order valence-electron chi connectivity index (χ1n) is 7.22. The van der Waals surface area contributed by atoms with Gasteiger partial charge in [-0.2, -0.15) is 5.26 Å². The van der Waals surface area contributed by atoms with Gasteiger partial charge in [0.15, 0.2) is 0 Å². The molecule has 2 rings (SSSR count). The molecule has 0 aliphatic heterocycles. The number of hydrogen-bond acceptors (Lipinski definition) is 3. The van der Waals surface area contributed by atoms with Crippen LogP contribution in [-0.2, 0) is 4.74 Å². The van der Waals surface area contributed by atoms with E-state index in [2.05, 4.69) is 32.2 Å². The summed E-state index contributed by atoms with van der Waals surface area (Å²) in [5.41, 5.74) is -0.0993. The molecule has 2 aliphatic carbocycles. The molecule has 0 aromatic carbocycles. The summed E-state index contributed by atoms with van der Waals surface area (Å²) in [6.45, 7) is 7.97. The average Bonchev–Trinajstić information content (AvgIpc) is 3.13. The van der Waals surface area contributed by atoms with Crippen molar-refractivity contribution >= 4 is 0 Å². The molecule has 1 N–H and O–H groups in total. The van der Waals surface area contributed by atoms with Crippen LogP contribution in [0.25, 0.3) is 0 Å². The predicted molar refractivity (Wildman–Crippen MR) is 72.1 cm³/mol. The monoisotopic (exact) mass is 250 g/mol. The molecule has 0 aromatic heterocycles. The molecule has 3 nitrogen and oxygen atoms in total. The lowest BCUT2D eigenvalue weighted by Crippen LogP contribution is -2.51. The van der Waals surface area contributed by atoms with Gasteiger partial charge in [0.2, 0.25) is 0 Å². The van der Waals surface area contributed by atoms with Crippen LogP contribution in [0.1, 0.15) is 52.9 Å². The first kappa shape index (κ1) is 13.8. The summed E-state index contributed by atoms with van der Waals surface area (Å²) in [6, 6.07) is 3.08. The molecule has 3 heteroatoms. The van der Waals surface area contributed by atoms with Gasteiger partial charge in [-0.1, -0.05) is 20.8 Å². The highest BCUT2D eigenvalue weighted by molar-refractivity contribution is 5.17. The van der Waals surface area contributed by atoms with Crippen molar-refractivity contribution in [3.63, 3.8) is 0 Å². The number of ether oxygens (including phenoxy) is 1. The minimum Gasteiger partial charge on any atom is -0.378 e. The molecule has 0 amide bonds. The maximum absolute atomic E-state index is 9.53. The van der Waals surface area contributed by atoms with Crippen molar-refractivity contribution < 1.29 is 4.74 Å². The van der Waals surface area contributed by atoms with E-state index >= 15 is 0 Å². The SMILES string of the molecule is CC(C)(C)CCOCC(C#N)(NC1CC1)C1CC1. The third kappa shape index (κ3) is 3.96.